The molecule has 0 unspecified atom stereocenters. The van der Waals surface area contributed by atoms with Crippen LogP contribution >= 0.6 is 0 Å². The summed E-state index contributed by atoms with van der Waals surface area (Å²) in [6.07, 6.45) is 2.32. The van der Waals surface area contributed by atoms with Gasteiger partial charge < -0.3 is 0 Å². The van der Waals surface area contributed by atoms with Gasteiger partial charge in [-0.25, -0.2) is 17.6 Å². The first-order valence-corrected chi connectivity index (χ1v) is 5.60. The molecule has 0 saturated heterocycles. The zero-order valence-electron chi connectivity index (χ0n) is 10.0. The largest absolute Gasteiger partial charge is 0.289 e. The Morgan fingerprint density at radius 1 is 0.800 bits per heavy atom. The van der Waals surface area contributed by atoms with Gasteiger partial charge in [0.25, 0.3) is 0 Å². The summed E-state index contributed by atoms with van der Waals surface area (Å²) < 4.78 is 51.3. The molecule has 0 fully saturated rings. The Balaban J connectivity index is 2.19. The molecule has 2 aromatic rings. The Hall–Kier alpha value is -2.43. The van der Waals surface area contributed by atoms with Crippen molar-refractivity contribution in [1.82, 2.24) is 0 Å². The van der Waals surface area contributed by atoms with E-state index in [1.807, 2.05) is 0 Å². The third-order valence-electron chi connectivity index (χ3n) is 2.57. The molecule has 0 aromatic heterocycles. The summed E-state index contributed by atoms with van der Waals surface area (Å²) >= 11 is 0. The molecular formula is C15H8F4O. The molecule has 2 rings (SSSR count). The molecule has 5 heteroatoms. The van der Waals surface area contributed by atoms with E-state index in [4.69, 9.17) is 0 Å². The highest BCUT2D eigenvalue weighted by Gasteiger charge is 2.07. The maximum atomic E-state index is 13.0. The number of hydrogen-bond donors (Lipinski definition) is 0. The summed E-state index contributed by atoms with van der Waals surface area (Å²) in [7, 11) is 0. The van der Waals surface area contributed by atoms with Crippen LogP contribution < -0.4 is 0 Å². The van der Waals surface area contributed by atoms with E-state index < -0.39 is 29.1 Å². The van der Waals surface area contributed by atoms with Gasteiger partial charge in [0.05, 0.1) is 0 Å². The molecule has 0 spiro atoms. The summed E-state index contributed by atoms with van der Waals surface area (Å²) in [6.45, 7) is 0. The fourth-order valence-corrected chi connectivity index (χ4v) is 1.53. The van der Waals surface area contributed by atoms with Gasteiger partial charge in [-0.3, -0.25) is 4.79 Å². The molecule has 0 saturated carbocycles. The van der Waals surface area contributed by atoms with Gasteiger partial charge in [0, 0.05) is 5.56 Å². The van der Waals surface area contributed by atoms with Gasteiger partial charge in [-0.05, 0) is 42.0 Å². The van der Waals surface area contributed by atoms with Crippen LogP contribution in [0, 0.1) is 23.3 Å². The second kappa shape index (κ2) is 5.69. The van der Waals surface area contributed by atoms with Crippen LogP contribution in [0.25, 0.3) is 6.08 Å². The SMILES string of the molecule is O=C(/C=C/c1ccc(F)c(F)c1)c1ccc(F)c(F)c1. The van der Waals surface area contributed by atoms with E-state index >= 15 is 0 Å². The third kappa shape index (κ3) is 3.12. The summed E-state index contributed by atoms with van der Waals surface area (Å²) in [5.41, 5.74) is 0.238. The second-order valence-electron chi connectivity index (χ2n) is 4.00. The zero-order valence-corrected chi connectivity index (χ0v) is 10.0. The summed E-state index contributed by atoms with van der Waals surface area (Å²) in [5, 5.41) is 0. The fraction of sp³-hybridized carbons (Fsp3) is 0. The Morgan fingerprint density at radius 2 is 1.40 bits per heavy atom. The van der Waals surface area contributed by atoms with Gasteiger partial charge in [-0.1, -0.05) is 12.1 Å². The Bertz CT molecular complexity index is 692. The predicted molar refractivity (Wildman–Crippen MR) is 66.1 cm³/mol. The van der Waals surface area contributed by atoms with Crippen LogP contribution in [0.4, 0.5) is 17.6 Å². The van der Waals surface area contributed by atoms with Crippen LogP contribution in [-0.2, 0) is 0 Å². The zero-order chi connectivity index (χ0) is 14.7. The first kappa shape index (κ1) is 14.0. The van der Waals surface area contributed by atoms with Gasteiger partial charge in [0.2, 0.25) is 0 Å². The smallest absolute Gasteiger partial charge is 0.185 e. The molecule has 0 bridgehead atoms. The molecule has 0 amide bonds. The molecule has 0 aliphatic rings. The lowest BCUT2D eigenvalue weighted by Gasteiger charge is -1.98. The molecule has 20 heavy (non-hydrogen) atoms. The van der Waals surface area contributed by atoms with Gasteiger partial charge >= 0.3 is 0 Å². The number of hydrogen-bond acceptors (Lipinski definition) is 1. The lowest BCUT2D eigenvalue weighted by Crippen LogP contribution is -1.96. The maximum Gasteiger partial charge on any atom is 0.185 e. The molecule has 0 N–H and O–H groups in total. The minimum absolute atomic E-state index is 0.0391. The summed E-state index contributed by atoms with van der Waals surface area (Å²) in [5.74, 6) is -4.78. The van der Waals surface area contributed by atoms with E-state index in [1.54, 1.807) is 0 Å². The number of ketones is 1. The van der Waals surface area contributed by atoms with Crippen molar-refractivity contribution in [2.24, 2.45) is 0 Å². The van der Waals surface area contributed by atoms with Crippen molar-refractivity contribution in [1.29, 1.82) is 0 Å². The van der Waals surface area contributed by atoms with Gasteiger partial charge in [-0.15, -0.1) is 0 Å². The van der Waals surface area contributed by atoms with Gasteiger partial charge in [0.15, 0.2) is 29.1 Å². The first-order chi connectivity index (χ1) is 9.47. The van der Waals surface area contributed by atoms with Crippen LogP contribution in [0.2, 0.25) is 0 Å². The van der Waals surface area contributed by atoms with E-state index in [0.717, 1.165) is 36.4 Å². The average molecular weight is 280 g/mol. The van der Waals surface area contributed by atoms with Crippen LogP contribution in [0.3, 0.4) is 0 Å². The Morgan fingerprint density at radius 3 is 2.00 bits per heavy atom. The first-order valence-electron chi connectivity index (χ1n) is 5.60. The monoisotopic (exact) mass is 280 g/mol. The van der Waals surface area contributed by atoms with Crippen LogP contribution in [0.1, 0.15) is 15.9 Å². The fourth-order valence-electron chi connectivity index (χ4n) is 1.53. The highest BCUT2D eigenvalue weighted by Crippen LogP contribution is 2.12. The average Bonchev–Trinajstić information content (AvgIpc) is 2.43. The maximum absolute atomic E-state index is 13.0. The van der Waals surface area contributed by atoms with Crippen molar-refractivity contribution in [3.8, 4) is 0 Å². The topological polar surface area (TPSA) is 17.1 Å². The molecule has 102 valence electrons. The number of carbonyl (C=O) groups is 1. The number of carbonyl (C=O) groups excluding carboxylic acids is 1. The molecule has 0 atom stereocenters. The quantitative estimate of drug-likeness (QED) is 0.469. The van der Waals surface area contributed by atoms with E-state index in [2.05, 4.69) is 0 Å². The third-order valence-corrected chi connectivity index (χ3v) is 2.57. The minimum Gasteiger partial charge on any atom is -0.289 e. The van der Waals surface area contributed by atoms with Crippen molar-refractivity contribution in [2.75, 3.05) is 0 Å². The Labute approximate surface area is 112 Å². The van der Waals surface area contributed by atoms with E-state index in [-0.39, 0.29) is 11.1 Å². The molecule has 0 radical (unpaired) electrons. The lowest BCUT2D eigenvalue weighted by molar-refractivity contribution is 0.104. The highest BCUT2D eigenvalue weighted by atomic mass is 19.2. The van der Waals surface area contributed by atoms with Crippen molar-refractivity contribution < 1.29 is 22.4 Å². The Kier molecular flexibility index (Phi) is 3.98. The molecule has 0 heterocycles. The predicted octanol–water partition coefficient (Wildman–Crippen LogP) is 4.14. The molecule has 0 aliphatic carbocycles. The molecular weight excluding hydrogens is 272 g/mol. The number of rotatable bonds is 3. The van der Waals surface area contributed by atoms with Gasteiger partial charge in [-0.2, -0.15) is 0 Å². The van der Waals surface area contributed by atoms with E-state index in [1.165, 1.54) is 12.1 Å². The second-order valence-corrected chi connectivity index (χ2v) is 4.00. The molecule has 2 aromatic carbocycles. The summed E-state index contributed by atoms with van der Waals surface area (Å²) in [6, 6.07) is 5.88. The van der Waals surface area contributed by atoms with Crippen molar-refractivity contribution in [2.45, 2.75) is 0 Å². The van der Waals surface area contributed by atoms with E-state index in [0.29, 0.717) is 0 Å². The normalized spacial score (nSPS) is 11.0. The van der Waals surface area contributed by atoms with Crippen molar-refractivity contribution >= 4 is 11.9 Å². The van der Waals surface area contributed by atoms with Crippen LogP contribution in [0.15, 0.2) is 42.5 Å². The van der Waals surface area contributed by atoms with Crippen molar-refractivity contribution in [3.05, 3.63) is 76.9 Å². The van der Waals surface area contributed by atoms with Crippen LogP contribution in [-0.4, -0.2) is 5.78 Å². The lowest BCUT2D eigenvalue weighted by atomic mass is 10.1. The van der Waals surface area contributed by atoms with E-state index in [9.17, 15) is 22.4 Å². The standard InChI is InChI=1S/C15H8F4O/c16-11-4-1-9(7-13(11)18)2-6-15(20)10-3-5-12(17)14(19)8-10/h1-8H/b6-2+. The van der Waals surface area contributed by atoms with Crippen LogP contribution in [0.5, 0.6) is 0 Å². The number of allylic oxidation sites excluding steroid dienone is 1. The van der Waals surface area contributed by atoms with Gasteiger partial charge in [0.1, 0.15) is 0 Å². The minimum atomic E-state index is -1.13. The number of halogens is 4. The summed E-state index contributed by atoms with van der Waals surface area (Å²) in [4.78, 5) is 11.7. The number of benzene rings is 2. The molecule has 1 nitrogen and oxygen atoms in total. The van der Waals surface area contributed by atoms with Crippen molar-refractivity contribution in [3.63, 3.8) is 0 Å². The highest BCUT2D eigenvalue weighted by molar-refractivity contribution is 6.06. The molecule has 0 aliphatic heterocycles.